The van der Waals surface area contributed by atoms with Gasteiger partial charge in [-0.15, -0.1) is 11.8 Å². The zero-order chi connectivity index (χ0) is 16.0. The van der Waals surface area contributed by atoms with E-state index in [1.165, 1.54) is 16.9 Å². The Bertz CT molecular complexity index is 362. The van der Waals surface area contributed by atoms with Gasteiger partial charge < -0.3 is 0 Å². The average Bonchev–Trinajstić information content (AvgIpc) is 2.36. The van der Waals surface area contributed by atoms with Crippen molar-refractivity contribution in [3.05, 3.63) is 29.8 Å². The number of hydrogen-bond acceptors (Lipinski definition) is 1. The third kappa shape index (κ3) is 6.83. The maximum Gasteiger partial charge on any atom is 0.00693 e. The molecule has 0 saturated carbocycles. The van der Waals surface area contributed by atoms with Gasteiger partial charge in [-0.2, -0.15) is 0 Å². The first-order valence-corrected chi connectivity index (χ1v) is 9.00. The van der Waals surface area contributed by atoms with E-state index in [9.17, 15) is 0 Å². The monoisotopic (exact) mass is 294 g/mol. The number of thioether (sulfide) groups is 1. The van der Waals surface area contributed by atoms with Crippen LogP contribution in [0.3, 0.4) is 0 Å². The lowest BCUT2D eigenvalue weighted by Gasteiger charge is -2.36. The van der Waals surface area contributed by atoms with E-state index in [4.69, 9.17) is 0 Å². The Labute approximate surface area is 131 Å². The highest BCUT2D eigenvalue weighted by Crippen LogP contribution is 2.43. The molecule has 1 rings (SSSR count). The maximum absolute atomic E-state index is 2.35. The van der Waals surface area contributed by atoms with Gasteiger partial charge in [0.25, 0.3) is 0 Å². The predicted octanol–water partition coefficient (Wildman–Crippen LogP) is 7.00. The van der Waals surface area contributed by atoms with Crippen molar-refractivity contribution in [2.75, 3.05) is 6.26 Å². The van der Waals surface area contributed by atoms with Gasteiger partial charge in [-0.3, -0.25) is 0 Å². The summed E-state index contributed by atoms with van der Waals surface area (Å²) in [6.45, 7) is 18.1. The van der Waals surface area contributed by atoms with E-state index in [2.05, 4.69) is 72.1 Å². The molecular formula is C19H34S. The van der Waals surface area contributed by atoms with Gasteiger partial charge in [0.15, 0.2) is 0 Å². The van der Waals surface area contributed by atoms with Crippen LogP contribution in [-0.4, -0.2) is 6.26 Å². The van der Waals surface area contributed by atoms with Gasteiger partial charge >= 0.3 is 0 Å². The summed E-state index contributed by atoms with van der Waals surface area (Å²) in [7, 11) is 0. The predicted molar refractivity (Wildman–Crippen MR) is 95.8 cm³/mol. The van der Waals surface area contributed by atoms with E-state index in [1.54, 1.807) is 0 Å². The molecule has 0 nitrogen and oxygen atoms in total. The van der Waals surface area contributed by atoms with E-state index in [0.717, 1.165) is 0 Å². The number of benzene rings is 1. The van der Waals surface area contributed by atoms with Crippen molar-refractivity contribution >= 4 is 11.8 Å². The van der Waals surface area contributed by atoms with Gasteiger partial charge in [-0.1, -0.05) is 67.5 Å². The summed E-state index contributed by atoms with van der Waals surface area (Å²) >= 11 is 1.81. The molecule has 0 aliphatic carbocycles. The first-order valence-electron chi connectivity index (χ1n) is 7.77. The van der Waals surface area contributed by atoms with Crippen LogP contribution in [0.1, 0.15) is 73.3 Å². The van der Waals surface area contributed by atoms with Crippen molar-refractivity contribution in [1.29, 1.82) is 0 Å². The second-order valence-electron chi connectivity index (χ2n) is 7.46. The van der Waals surface area contributed by atoms with Gasteiger partial charge in [0, 0.05) is 4.90 Å². The molecule has 0 fully saturated rings. The Morgan fingerprint density at radius 3 is 1.65 bits per heavy atom. The molecule has 1 unspecified atom stereocenters. The van der Waals surface area contributed by atoms with E-state index in [1.807, 2.05) is 25.6 Å². The molecule has 0 amide bonds. The van der Waals surface area contributed by atoms with Gasteiger partial charge in [0.1, 0.15) is 0 Å². The summed E-state index contributed by atoms with van der Waals surface area (Å²) < 4.78 is 0. The zero-order valence-electron chi connectivity index (χ0n) is 15.0. The summed E-state index contributed by atoms with van der Waals surface area (Å²) in [5.74, 6) is 0.619. The molecule has 1 aromatic carbocycles. The molecule has 0 aliphatic rings. The summed E-state index contributed by atoms with van der Waals surface area (Å²) in [4.78, 5) is 1.35. The van der Waals surface area contributed by atoms with Crippen LogP contribution in [0.15, 0.2) is 29.2 Å². The first-order chi connectivity index (χ1) is 9.13. The van der Waals surface area contributed by atoms with E-state index in [0.29, 0.717) is 16.7 Å². The average molecular weight is 295 g/mol. The van der Waals surface area contributed by atoms with Gasteiger partial charge in [0.05, 0.1) is 0 Å². The van der Waals surface area contributed by atoms with Crippen molar-refractivity contribution in [1.82, 2.24) is 0 Å². The Hall–Kier alpha value is -0.430. The minimum absolute atomic E-state index is 0.314. The fraction of sp³-hybridized carbons (Fsp3) is 0.684. The lowest BCUT2D eigenvalue weighted by atomic mass is 9.69. The van der Waals surface area contributed by atoms with Crippen LogP contribution >= 0.6 is 11.8 Å². The summed E-state index contributed by atoms with van der Waals surface area (Å²) in [6.07, 6.45) is 3.36. The standard InChI is InChI=1S/C17H28S.C2H6/c1-16(2,3)12-15(17(4,5)6)13-8-10-14(18-7)11-9-13;1-2/h8-11,15H,12H2,1-7H3;1-2H3. The second-order valence-corrected chi connectivity index (χ2v) is 8.34. The van der Waals surface area contributed by atoms with Crippen LogP contribution in [0.25, 0.3) is 0 Å². The van der Waals surface area contributed by atoms with Crippen LogP contribution < -0.4 is 0 Å². The highest BCUT2D eigenvalue weighted by molar-refractivity contribution is 7.98. The van der Waals surface area contributed by atoms with Crippen molar-refractivity contribution in [3.8, 4) is 0 Å². The Morgan fingerprint density at radius 2 is 1.35 bits per heavy atom. The molecule has 0 bridgehead atoms. The number of rotatable bonds is 3. The summed E-state index contributed by atoms with van der Waals surface area (Å²) in [5.41, 5.74) is 2.17. The SMILES string of the molecule is CC.CSc1ccc(C(CC(C)(C)C)C(C)(C)C)cc1. The molecule has 0 radical (unpaired) electrons. The van der Waals surface area contributed by atoms with Crippen molar-refractivity contribution in [2.24, 2.45) is 10.8 Å². The fourth-order valence-corrected chi connectivity index (χ4v) is 2.78. The number of hydrogen-bond donors (Lipinski definition) is 0. The summed E-state index contributed by atoms with van der Waals surface area (Å²) in [5, 5.41) is 0. The van der Waals surface area contributed by atoms with Gasteiger partial charge in [-0.25, -0.2) is 0 Å². The fourth-order valence-electron chi connectivity index (χ4n) is 2.37. The van der Waals surface area contributed by atoms with Crippen LogP contribution in [0.5, 0.6) is 0 Å². The molecule has 20 heavy (non-hydrogen) atoms. The minimum Gasteiger partial charge on any atom is -0.130 e. The third-order valence-electron chi connectivity index (χ3n) is 3.38. The second kappa shape index (κ2) is 8.12. The first kappa shape index (κ1) is 19.6. The van der Waals surface area contributed by atoms with E-state index in [-0.39, 0.29) is 0 Å². The molecule has 0 N–H and O–H groups in total. The quantitative estimate of drug-likeness (QED) is 0.541. The van der Waals surface area contributed by atoms with Crippen LogP contribution in [0.4, 0.5) is 0 Å². The third-order valence-corrected chi connectivity index (χ3v) is 4.12. The molecular weight excluding hydrogens is 260 g/mol. The molecule has 0 heterocycles. The highest BCUT2D eigenvalue weighted by atomic mass is 32.2. The molecule has 0 aromatic heterocycles. The normalized spacial score (nSPS) is 13.4. The largest absolute Gasteiger partial charge is 0.130 e. The topological polar surface area (TPSA) is 0 Å². The lowest BCUT2D eigenvalue weighted by Crippen LogP contribution is -2.23. The molecule has 1 atom stereocenters. The molecule has 1 aromatic rings. The smallest absolute Gasteiger partial charge is 0.00693 e. The maximum atomic E-state index is 2.35. The van der Waals surface area contributed by atoms with Crippen molar-refractivity contribution in [3.63, 3.8) is 0 Å². The Morgan fingerprint density at radius 1 is 0.900 bits per heavy atom. The van der Waals surface area contributed by atoms with E-state index < -0.39 is 0 Å². The van der Waals surface area contributed by atoms with Gasteiger partial charge in [-0.05, 0) is 47.1 Å². The van der Waals surface area contributed by atoms with E-state index >= 15 is 0 Å². The van der Waals surface area contributed by atoms with Crippen molar-refractivity contribution < 1.29 is 0 Å². The molecule has 1 heteroatoms. The Balaban J connectivity index is 0.00000172. The molecule has 0 aliphatic heterocycles. The zero-order valence-corrected chi connectivity index (χ0v) is 15.8. The highest BCUT2D eigenvalue weighted by Gasteiger charge is 2.30. The Kier molecular flexibility index (Phi) is 7.95. The molecule has 0 saturated heterocycles. The molecule has 0 spiro atoms. The van der Waals surface area contributed by atoms with Crippen LogP contribution in [-0.2, 0) is 0 Å². The van der Waals surface area contributed by atoms with Crippen molar-refractivity contribution in [2.45, 2.75) is 72.6 Å². The molecule has 116 valence electrons. The summed E-state index contributed by atoms with van der Waals surface area (Å²) in [6, 6.07) is 9.13. The lowest BCUT2D eigenvalue weighted by molar-refractivity contribution is 0.229. The van der Waals surface area contributed by atoms with Crippen LogP contribution in [0.2, 0.25) is 0 Å². The van der Waals surface area contributed by atoms with Gasteiger partial charge in [0.2, 0.25) is 0 Å². The van der Waals surface area contributed by atoms with Crippen LogP contribution in [0, 0.1) is 10.8 Å². The minimum atomic E-state index is 0.314.